The fourth-order valence-electron chi connectivity index (χ4n) is 4.30. The number of rotatable bonds is 9. The number of aliphatic hydroxyl groups is 2. The average molecular weight is 528 g/mol. The summed E-state index contributed by atoms with van der Waals surface area (Å²) in [6.45, 7) is 1.18. The predicted molar refractivity (Wildman–Crippen MR) is 131 cm³/mol. The Hall–Kier alpha value is -3.04. The van der Waals surface area contributed by atoms with Gasteiger partial charge >= 0.3 is 6.29 Å². The number of aromatic nitrogens is 1. The molecule has 0 unspecified atom stereocenters. The second-order valence-corrected chi connectivity index (χ2v) is 9.59. The molecule has 2 aromatic carbocycles. The summed E-state index contributed by atoms with van der Waals surface area (Å²) >= 11 is 0. The molecule has 2 N–H and O–H groups in total. The zero-order valence-electron chi connectivity index (χ0n) is 30.1. The van der Waals surface area contributed by atoms with Crippen molar-refractivity contribution in [3.8, 4) is 11.5 Å². The first-order valence-corrected chi connectivity index (χ1v) is 11.4. The minimum Gasteiger partial charge on any atom is -0.395 e. The first-order valence-electron chi connectivity index (χ1n) is 16.4. The van der Waals surface area contributed by atoms with Gasteiger partial charge in [-0.3, -0.25) is 4.79 Å². The quantitative estimate of drug-likeness (QED) is 0.410. The maximum atomic E-state index is 15.8. The lowest BCUT2D eigenvalue weighted by atomic mass is 9.86. The largest absolute Gasteiger partial charge is 0.586 e. The third-order valence-corrected chi connectivity index (χ3v) is 6.79. The van der Waals surface area contributed by atoms with E-state index in [0.717, 1.165) is 6.07 Å². The highest BCUT2D eigenvalue weighted by molar-refractivity contribution is 5.95. The Balaban J connectivity index is 1.66. The molecule has 2 aliphatic rings. The zero-order chi connectivity index (χ0) is 35.7. The number of hydrogen-bond acceptors (Lipinski definition) is 5. The second kappa shape index (κ2) is 8.77. The molecule has 1 aliphatic carbocycles. The number of Topliss-reactive ketones (excluding diaryl/α,β-unsaturated/α-hetero) is 1. The number of alkyl halides is 2. The number of hydrogen-bond donors (Lipinski definition) is 2. The molecule has 2 heterocycles. The van der Waals surface area contributed by atoms with Crippen LogP contribution in [0.2, 0.25) is 0 Å². The Kier molecular flexibility index (Phi) is 3.80. The lowest BCUT2D eigenvalue weighted by Gasteiger charge is -2.26. The molecule has 1 aliphatic heterocycles. The highest BCUT2D eigenvalue weighted by Crippen LogP contribution is 2.52. The monoisotopic (exact) mass is 527 g/mol. The Labute approximate surface area is 226 Å². The van der Waals surface area contributed by atoms with E-state index >= 15 is 4.39 Å². The van der Waals surface area contributed by atoms with Gasteiger partial charge in [-0.1, -0.05) is 26.8 Å². The van der Waals surface area contributed by atoms with Gasteiger partial charge in [-0.15, -0.1) is 8.78 Å². The maximum Gasteiger partial charge on any atom is 0.586 e. The van der Waals surface area contributed by atoms with Crippen molar-refractivity contribution in [2.45, 2.75) is 76.1 Å². The van der Waals surface area contributed by atoms with Gasteiger partial charge in [-0.05, 0) is 60.6 Å². The molecule has 0 radical (unpaired) electrons. The van der Waals surface area contributed by atoms with Crippen LogP contribution < -0.4 is 9.47 Å². The normalized spacial score (nSPS) is 26.2. The SMILES string of the molecule is [2H]c1c([2H])c(C2(C(=O)Cc3cc4cc(C(C)(C)CC)n(C[C@@]([2H])(O)C([2H])([2H])O)c4cc3F)C([2H])([2H])C2([2H])[2H])c([2H])c2c1OC(F)(F)O2. The summed E-state index contributed by atoms with van der Waals surface area (Å²) < 4.78 is 135. The van der Waals surface area contributed by atoms with E-state index in [1.165, 1.54) is 16.7 Å². The average Bonchev–Trinajstić information content (AvgIpc) is 3.25. The van der Waals surface area contributed by atoms with E-state index in [0.29, 0.717) is 12.1 Å². The van der Waals surface area contributed by atoms with Crippen molar-refractivity contribution in [3.63, 3.8) is 0 Å². The molecule has 9 heteroatoms. The molecular weight excluding hydrogens is 487 g/mol. The fourth-order valence-corrected chi connectivity index (χ4v) is 4.30. The van der Waals surface area contributed by atoms with Gasteiger partial charge in [0.05, 0.1) is 38.3 Å². The van der Waals surface area contributed by atoms with Crippen LogP contribution >= 0.6 is 0 Å². The number of halogens is 3. The summed E-state index contributed by atoms with van der Waals surface area (Å²) in [6.07, 6.45) is -14.3. The van der Waals surface area contributed by atoms with Crippen LogP contribution in [-0.4, -0.2) is 39.5 Å². The molecule has 198 valence electrons. The minimum absolute atomic E-state index is 0.0365. The molecular formula is C28H30F3NO5. The lowest BCUT2D eigenvalue weighted by molar-refractivity contribution is -0.286. The molecule has 1 atom stereocenters. The topological polar surface area (TPSA) is 80.9 Å². The van der Waals surface area contributed by atoms with Gasteiger partial charge in [0.15, 0.2) is 11.5 Å². The molecule has 0 spiro atoms. The van der Waals surface area contributed by atoms with Crippen LogP contribution in [0.4, 0.5) is 13.2 Å². The Morgan fingerprint density at radius 2 is 2.00 bits per heavy atom. The van der Waals surface area contributed by atoms with Gasteiger partial charge in [0.1, 0.15) is 11.6 Å². The molecule has 1 saturated carbocycles. The van der Waals surface area contributed by atoms with E-state index in [-0.39, 0.29) is 10.9 Å². The van der Waals surface area contributed by atoms with Gasteiger partial charge in [0, 0.05) is 28.4 Å². The van der Waals surface area contributed by atoms with Crippen LogP contribution in [-0.2, 0) is 28.6 Å². The summed E-state index contributed by atoms with van der Waals surface area (Å²) in [7, 11) is 0. The number of benzene rings is 2. The molecule has 6 nitrogen and oxygen atoms in total. The summed E-state index contributed by atoms with van der Waals surface area (Å²) in [5.41, 5.74) is -4.71. The molecule has 0 bridgehead atoms. The Bertz CT molecular complexity index is 1820. The lowest BCUT2D eigenvalue weighted by Crippen LogP contribution is -2.26. The molecule has 37 heavy (non-hydrogen) atoms. The summed E-state index contributed by atoms with van der Waals surface area (Å²) in [5.74, 6) is -4.55. The van der Waals surface area contributed by atoms with Gasteiger partial charge in [0.25, 0.3) is 0 Å². The Morgan fingerprint density at radius 3 is 2.65 bits per heavy atom. The van der Waals surface area contributed by atoms with E-state index in [1.807, 2.05) is 6.92 Å². The van der Waals surface area contributed by atoms with Gasteiger partial charge < -0.3 is 24.3 Å². The minimum atomic E-state index is -4.35. The standard InChI is InChI=1S/C28H30F3NO5/c1-4-26(2,3)24-10-17-9-16(20(29)13-21(17)32(24)14-19(34)15-33)11-25(35)27(7-8-27)18-5-6-22-23(12-18)37-28(30,31)36-22/h5-6,9-10,12-13,19,33-34H,4,7-8,11,14-15H2,1-3H3/t19-/m1/s1/i5D,6D,7D2,8D2,12D,15D2,19D. The van der Waals surface area contributed by atoms with Crippen LogP contribution in [0.25, 0.3) is 10.9 Å². The second-order valence-electron chi connectivity index (χ2n) is 9.59. The summed E-state index contributed by atoms with van der Waals surface area (Å²) in [6, 6.07) is 0.230. The molecule has 3 aromatic rings. The van der Waals surface area contributed by atoms with Gasteiger partial charge in [-0.25, -0.2) is 4.39 Å². The number of carbonyl (C=O) groups is 1. The van der Waals surface area contributed by atoms with Crippen molar-refractivity contribution < 1.29 is 51.4 Å². The smallest absolute Gasteiger partial charge is 0.395 e. The van der Waals surface area contributed by atoms with E-state index in [4.69, 9.17) is 13.7 Å². The third-order valence-electron chi connectivity index (χ3n) is 6.79. The van der Waals surface area contributed by atoms with E-state index in [9.17, 15) is 23.8 Å². The van der Waals surface area contributed by atoms with Crippen molar-refractivity contribution in [3.05, 3.63) is 59.0 Å². The van der Waals surface area contributed by atoms with Gasteiger partial charge in [-0.2, -0.15) is 0 Å². The van der Waals surface area contributed by atoms with Crippen LogP contribution in [0.15, 0.2) is 36.3 Å². The number of nitrogens with zero attached hydrogens (tertiary/aromatic N) is 1. The predicted octanol–water partition coefficient (Wildman–Crippen LogP) is 4.99. The van der Waals surface area contributed by atoms with Crippen molar-refractivity contribution in [1.82, 2.24) is 4.57 Å². The summed E-state index contributed by atoms with van der Waals surface area (Å²) in [5, 5.41) is 20.4. The first-order chi connectivity index (χ1) is 21.2. The van der Waals surface area contributed by atoms with E-state index < -0.39 is 108 Å². The van der Waals surface area contributed by atoms with E-state index in [2.05, 4.69) is 9.47 Å². The molecule has 5 rings (SSSR count). The van der Waals surface area contributed by atoms with Crippen molar-refractivity contribution in [2.24, 2.45) is 0 Å². The van der Waals surface area contributed by atoms with Crippen molar-refractivity contribution in [2.75, 3.05) is 6.56 Å². The van der Waals surface area contributed by atoms with Crippen LogP contribution in [0.5, 0.6) is 11.5 Å². The zero-order valence-corrected chi connectivity index (χ0v) is 20.1. The maximum absolute atomic E-state index is 15.8. The highest BCUT2D eigenvalue weighted by Gasteiger charge is 2.52. The number of carbonyl (C=O) groups excluding carboxylic acids is 1. The van der Waals surface area contributed by atoms with Crippen LogP contribution in [0.1, 0.15) is 70.5 Å². The van der Waals surface area contributed by atoms with Gasteiger partial charge in [0.2, 0.25) is 0 Å². The van der Waals surface area contributed by atoms with Crippen LogP contribution in [0, 0.1) is 5.82 Å². The third kappa shape index (κ3) is 4.48. The van der Waals surface area contributed by atoms with E-state index in [1.54, 1.807) is 13.8 Å². The van der Waals surface area contributed by atoms with Crippen molar-refractivity contribution >= 4 is 16.7 Å². The molecule has 0 amide bonds. The Morgan fingerprint density at radius 1 is 1.30 bits per heavy atom. The molecule has 1 aromatic heterocycles. The summed E-state index contributed by atoms with van der Waals surface area (Å²) in [4.78, 5) is 14.0. The number of ketones is 1. The first kappa shape index (κ1) is 16.0. The molecule has 1 fully saturated rings. The molecule has 0 saturated heterocycles. The van der Waals surface area contributed by atoms with Crippen LogP contribution in [0.3, 0.4) is 0 Å². The number of ether oxygens (including phenoxy) is 2. The number of fused-ring (bicyclic) bond motifs is 2. The fraction of sp³-hybridized carbons (Fsp3) is 0.464. The van der Waals surface area contributed by atoms with Crippen molar-refractivity contribution in [1.29, 1.82) is 0 Å². The highest BCUT2D eigenvalue weighted by atomic mass is 19.3.